The number of rotatable bonds is 3. The van der Waals surface area contributed by atoms with Crippen LogP contribution in [0.25, 0.3) is 0 Å². The first kappa shape index (κ1) is 16.5. The molecule has 1 saturated heterocycles. The molecular weight excluding hydrogens is 323 g/mol. The fourth-order valence-corrected chi connectivity index (χ4v) is 2.33. The van der Waals surface area contributed by atoms with E-state index < -0.39 is 22.9 Å². The molecule has 9 heteroatoms. The van der Waals surface area contributed by atoms with Crippen molar-refractivity contribution in [2.45, 2.75) is 31.5 Å². The predicted molar refractivity (Wildman–Crippen MR) is 72.4 cm³/mol. The number of nitrogens with zero attached hydrogens (tertiary/aromatic N) is 1. The monoisotopic (exact) mass is 335 g/mol. The Morgan fingerprint density at radius 2 is 2.18 bits per heavy atom. The molecule has 0 radical (unpaired) electrons. The van der Waals surface area contributed by atoms with Gasteiger partial charge in [-0.15, -0.1) is 0 Å². The lowest BCUT2D eigenvalue weighted by Crippen LogP contribution is -2.46. The normalized spacial score (nSPS) is 18.7. The number of halogens is 4. The summed E-state index contributed by atoms with van der Waals surface area (Å²) >= 11 is 5.52. The predicted octanol–water partition coefficient (Wildman–Crippen LogP) is 2.15. The van der Waals surface area contributed by atoms with Crippen molar-refractivity contribution in [2.24, 2.45) is 0 Å². The number of carbonyl (C=O) groups excluding carboxylic acids is 2. The number of piperidine rings is 1. The second kappa shape index (κ2) is 6.51. The Bertz CT molecular complexity index is 592. The summed E-state index contributed by atoms with van der Waals surface area (Å²) in [7, 11) is 0. The van der Waals surface area contributed by atoms with Crippen LogP contribution in [0.15, 0.2) is 12.1 Å². The van der Waals surface area contributed by atoms with Crippen molar-refractivity contribution in [1.29, 1.82) is 0 Å². The Hall–Kier alpha value is -1.83. The third-order valence-corrected chi connectivity index (χ3v) is 3.37. The first-order valence-electron chi connectivity index (χ1n) is 6.58. The molecule has 0 spiro atoms. The number of amides is 2. The van der Waals surface area contributed by atoms with Crippen LogP contribution in [0, 0.1) is 0 Å². The van der Waals surface area contributed by atoms with Gasteiger partial charge in [-0.3, -0.25) is 9.59 Å². The molecule has 22 heavy (non-hydrogen) atoms. The molecule has 1 aliphatic rings. The average molecular weight is 336 g/mol. The highest BCUT2D eigenvalue weighted by Gasteiger charge is 2.33. The largest absolute Gasteiger partial charge is 0.433 e. The lowest BCUT2D eigenvalue weighted by molar-refractivity contribution is -0.141. The average Bonchev–Trinajstić information content (AvgIpc) is 2.43. The number of hydrogen-bond acceptors (Lipinski definition) is 3. The van der Waals surface area contributed by atoms with Crippen molar-refractivity contribution < 1.29 is 22.8 Å². The molecule has 5 nitrogen and oxygen atoms in total. The van der Waals surface area contributed by atoms with Gasteiger partial charge in [0.05, 0.1) is 0 Å². The van der Waals surface area contributed by atoms with Gasteiger partial charge in [0.1, 0.15) is 10.8 Å². The van der Waals surface area contributed by atoms with Gasteiger partial charge in [-0.05, 0) is 25.0 Å². The number of aromatic nitrogens is 1. The molecule has 0 aliphatic carbocycles. The lowest BCUT2D eigenvalue weighted by atomic mass is 10.0. The van der Waals surface area contributed by atoms with Crippen LogP contribution >= 0.6 is 11.6 Å². The van der Waals surface area contributed by atoms with Crippen molar-refractivity contribution >= 4 is 23.4 Å². The molecule has 1 atom stereocenters. The molecule has 2 rings (SSSR count). The number of alkyl halides is 3. The molecule has 1 aliphatic heterocycles. The second-order valence-electron chi connectivity index (χ2n) is 4.93. The SMILES string of the molecule is O=C1CCC[C@H](CNC(=O)c2cc(Cl)nc(C(F)(F)F)c2)N1. The number of pyridine rings is 1. The van der Waals surface area contributed by atoms with Gasteiger partial charge < -0.3 is 10.6 Å². The summed E-state index contributed by atoms with van der Waals surface area (Å²) in [5.74, 6) is -0.800. The number of nitrogens with one attached hydrogen (secondary N) is 2. The minimum Gasteiger partial charge on any atom is -0.352 e. The summed E-state index contributed by atoms with van der Waals surface area (Å²) in [6, 6.07) is 1.48. The van der Waals surface area contributed by atoms with Crippen LogP contribution in [0.4, 0.5) is 13.2 Å². The van der Waals surface area contributed by atoms with Crippen LogP contribution < -0.4 is 10.6 Å². The maximum atomic E-state index is 12.6. The van der Waals surface area contributed by atoms with Gasteiger partial charge in [0.15, 0.2) is 0 Å². The fraction of sp³-hybridized carbons (Fsp3) is 0.462. The molecule has 1 fully saturated rings. The van der Waals surface area contributed by atoms with E-state index in [9.17, 15) is 22.8 Å². The molecule has 0 saturated carbocycles. The highest BCUT2D eigenvalue weighted by atomic mass is 35.5. The number of hydrogen-bond donors (Lipinski definition) is 2. The standard InChI is InChI=1S/C13H13ClF3N3O2/c14-10-5-7(4-9(20-10)13(15,16)17)12(22)18-6-8-2-1-3-11(21)19-8/h4-5,8H,1-3,6H2,(H,18,22)(H,19,21)/t8-/m1/s1. The van der Waals surface area contributed by atoms with Crippen LogP contribution in [0.1, 0.15) is 35.3 Å². The molecule has 2 heterocycles. The smallest absolute Gasteiger partial charge is 0.352 e. The maximum absolute atomic E-state index is 12.6. The molecule has 2 N–H and O–H groups in total. The van der Waals surface area contributed by atoms with Crippen molar-refractivity contribution in [2.75, 3.05) is 6.54 Å². The van der Waals surface area contributed by atoms with Crippen LogP contribution in [0.5, 0.6) is 0 Å². The van der Waals surface area contributed by atoms with E-state index in [-0.39, 0.29) is 24.1 Å². The molecule has 2 amide bonds. The van der Waals surface area contributed by atoms with E-state index in [0.29, 0.717) is 25.3 Å². The summed E-state index contributed by atoms with van der Waals surface area (Å²) in [6.45, 7) is 0.145. The topological polar surface area (TPSA) is 71.1 Å². The summed E-state index contributed by atoms with van der Waals surface area (Å²) in [6.07, 6.45) is -2.82. The van der Waals surface area contributed by atoms with Crippen LogP contribution in [-0.2, 0) is 11.0 Å². The minimum atomic E-state index is -4.68. The van der Waals surface area contributed by atoms with Crippen molar-refractivity contribution in [3.8, 4) is 0 Å². The summed E-state index contributed by atoms with van der Waals surface area (Å²) in [4.78, 5) is 26.3. The molecule has 0 aromatic carbocycles. The molecule has 0 bridgehead atoms. The molecule has 0 unspecified atom stereocenters. The number of carbonyl (C=O) groups is 2. The molecular formula is C13H13ClF3N3O2. The van der Waals surface area contributed by atoms with Crippen molar-refractivity contribution in [3.05, 3.63) is 28.5 Å². The summed E-state index contributed by atoms with van der Waals surface area (Å²) in [5.41, 5.74) is -1.45. The van der Waals surface area contributed by atoms with Gasteiger partial charge in [0.25, 0.3) is 5.91 Å². The molecule has 1 aromatic heterocycles. The zero-order valence-corrected chi connectivity index (χ0v) is 12.1. The molecule has 120 valence electrons. The van der Waals surface area contributed by atoms with E-state index >= 15 is 0 Å². The Morgan fingerprint density at radius 3 is 2.82 bits per heavy atom. The Morgan fingerprint density at radius 1 is 1.45 bits per heavy atom. The Kier molecular flexibility index (Phi) is 4.90. The zero-order valence-electron chi connectivity index (χ0n) is 11.3. The third-order valence-electron chi connectivity index (χ3n) is 3.18. The first-order valence-corrected chi connectivity index (χ1v) is 6.96. The highest BCUT2D eigenvalue weighted by molar-refractivity contribution is 6.29. The van der Waals surface area contributed by atoms with Gasteiger partial charge in [-0.1, -0.05) is 11.6 Å². The van der Waals surface area contributed by atoms with E-state index in [1.807, 2.05) is 0 Å². The Balaban J connectivity index is 2.03. The second-order valence-corrected chi connectivity index (χ2v) is 5.32. The molecule has 1 aromatic rings. The van der Waals surface area contributed by atoms with E-state index in [4.69, 9.17) is 11.6 Å². The van der Waals surface area contributed by atoms with Crippen molar-refractivity contribution in [3.63, 3.8) is 0 Å². The van der Waals surface area contributed by atoms with E-state index in [1.165, 1.54) is 0 Å². The fourth-order valence-electron chi connectivity index (χ4n) is 2.13. The van der Waals surface area contributed by atoms with Gasteiger partial charge in [0.2, 0.25) is 5.91 Å². The van der Waals surface area contributed by atoms with Crippen LogP contribution in [-0.4, -0.2) is 29.4 Å². The van der Waals surface area contributed by atoms with E-state index in [2.05, 4.69) is 15.6 Å². The van der Waals surface area contributed by atoms with E-state index in [0.717, 1.165) is 6.07 Å². The first-order chi connectivity index (χ1) is 10.3. The van der Waals surface area contributed by atoms with Crippen LogP contribution in [0.2, 0.25) is 5.15 Å². The third kappa shape index (κ3) is 4.33. The zero-order chi connectivity index (χ0) is 16.3. The Labute approximate surface area is 129 Å². The lowest BCUT2D eigenvalue weighted by Gasteiger charge is -2.23. The van der Waals surface area contributed by atoms with Gasteiger partial charge in [-0.2, -0.15) is 13.2 Å². The minimum absolute atomic E-state index is 0.100. The highest BCUT2D eigenvalue weighted by Crippen LogP contribution is 2.29. The quantitative estimate of drug-likeness (QED) is 0.831. The van der Waals surface area contributed by atoms with Gasteiger partial charge in [-0.25, -0.2) is 4.98 Å². The summed E-state index contributed by atoms with van der Waals surface area (Å²) < 4.78 is 37.9. The van der Waals surface area contributed by atoms with E-state index in [1.54, 1.807) is 0 Å². The van der Waals surface area contributed by atoms with Crippen LogP contribution in [0.3, 0.4) is 0 Å². The van der Waals surface area contributed by atoms with Crippen molar-refractivity contribution in [1.82, 2.24) is 15.6 Å². The van der Waals surface area contributed by atoms with Gasteiger partial charge in [0, 0.05) is 24.6 Å². The maximum Gasteiger partial charge on any atom is 0.433 e. The van der Waals surface area contributed by atoms with Gasteiger partial charge >= 0.3 is 6.18 Å². The summed E-state index contributed by atoms with van der Waals surface area (Å²) in [5, 5.41) is 4.77.